The zero-order chi connectivity index (χ0) is 21.1. The van der Waals surface area contributed by atoms with Crippen LogP contribution in [0.15, 0.2) is 52.7 Å². The van der Waals surface area contributed by atoms with Crippen LogP contribution in [0, 0.1) is 6.92 Å². The van der Waals surface area contributed by atoms with Crippen molar-refractivity contribution >= 4 is 32.2 Å². The summed E-state index contributed by atoms with van der Waals surface area (Å²) in [5.41, 5.74) is 2.58. The lowest BCUT2D eigenvalue weighted by molar-refractivity contribution is -0.116. The third kappa shape index (κ3) is 4.63. The molecule has 0 unspecified atom stereocenters. The summed E-state index contributed by atoms with van der Waals surface area (Å²) in [6.45, 7) is 2.11. The molecule has 2 aromatic carbocycles. The van der Waals surface area contributed by atoms with Gasteiger partial charge in [0.1, 0.15) is 0 Å². The van der Waals surface area contributed by atoms with Gasteiger partial charge in [-0.25, -0.2) is 13.4 Å². The Kier molecular flexibility index (Phi) is 5.74. The van der Waals surface area contributed by atoms with Crippen molar-refractivity contribution in [3.05, 3.63) is 53.4 Å². The number of amides is 1. The van der Waals surface area contributed by atoms with Crippen LogP contribution in [0.25, 0.3) is 11.3 Å². The first kappa shape index (κ1) is 20.4. The Hall–Kier alpha value is -2.91. The molecule has 1 aliphatic rings. The van der Waals surface area contributed by atoms with Crippen molar-refractivity contribution in [2.24, 2.45) is 0 Å². The summed E-state index contributed by atoms with van der Waals surface area (Å²) in [7, 11) is -3.40. The topological polar surface area (TPSA) is 94.6 Å². The molecular formula is C21H20N2O5S2. The molecule has 0 radical (unpaired) electrons. The van der Waals surface area contributed by atoms with Gasteiger partial charge >= 0.3 is 0 Å². The van der Waals surface area contributed by atoms with Crippen molar-refractivity contribution in [2.75, 3.05) is 17.9 Å². The highest BCUT2D eigenvalue weighted by molar-refractivity contribution is 7.91. The number of nitrogens with one attached hydrogen (secondary N) is 1. The monoisotopic (exact) mass is 444 g/mol. The van der Waals surface area contributed by atoms with E-state index in [0.29, 0.717) is 16.6 Å². The van der Waals surface area contributed by atoms with Crippen LogP contribution in [0.3, 0.4) is 0 Å². The summed E-state index contributed by atoms with van der Waals surface area (Å²) in [5, 5.41) is 5.04. The summed E-state index contributed by atoms with van der Waals surface area (Å²) >= 11 is 1.31. The van der Waals surface area contributed by atoms with Gasteiger partial charge in [0.05, 0.1) is 16.3 Å². The first-order valence-corrected chi connectivity index (χ1v) is 11.9. The van der Waals surface area contributed by atoms with Crippen LogP contribution in [0.2, 0.25) is 0 Å². The molecule has 0 aliphatic carbocycles. The van der Waals surface area contributed by atoms with Gasteiger partial charge in [-0.2, -0.15) is 0 Å². The molecule has 1 aromatic heterocycles. The number of carbonyl (C=O) groups is 1. The standard InChI is InChI=1S/C21H20N2O5S2/c1-14-4-7-16(8-5-14)30(25,26)10-2-3-20(24)23-21-22-17(12-29-21)15-6-9-18-19(11-15)28-13-27-18/h4-9,11-12H,2-3,10,13H2,1H3,(H,22,23,24). The minimum Gasteiger partial charge on any atom is -0.454 e. The third-order valence-corrected chi connectivity index (χ3v) is 7.19. The van der Waals surface area contributed by atoms with Crippen LogP contribution >= 0.6 is 11.3 Å². The van der Waals surface area contributed by atoms with Gasteiger partial charge in [-0.05, 0) is 43.7 Å². The van der Waals surface area contributed by atoms with E-state index in [9.17, 15) is 13.2 Å². The number of carbonyl (C=O) groups excluding carboxylic acids is 1. The Morgan fingerprint density at radius 2 is 1.90 bits per heavy atom. The molecule has 0 spiro atoms. The quantitative estimate of drug-likeness (QED) is 0.591. The zero-order valence-electron chi connectivity index (χ0n) is 16.3. The zero-order valence-corrected chi connectivity index (χ0v) is 17.9. The van der Waals surface area contributed by atoms with Crippen LogP contribution in [-0.4, -0.2) is 31.9 Å². The largest absolute Gasteiger partial charge is 0.454 e. The fourth-order valence-corrected chi connectivity index (χ4v) is 5.03. The molecule has 9 heteroatoms. The lowest BCUT2D eigenvalue weighted by Crippen LogP contribution is -2.14. The molecule has 0 fully saturated rings. The summed E-state index contributed by atoms with van der Waals surface area (Å²) in [4.78, 5) is 16.9. The van der Waals surface area contributed by atoms with Gasteiger partial charge in [0.15, 0.2) is 26.5 Å². The highest BCUT2D eigenvalue weighted by Gasteiger charge is 2.17. The third-order valence-electron chi connectivity index (χ3n) is 4.62. The molecule has 1 N–H and O–H groups in total. The number of aromatic nitrogens is 1. The Morgan fingerprint density at radius 3 is 2.70 bits per heavy atom. The number of aryl methyl sites for hydroxylation is 1. The maximum atomic E-state index is 12.4. The first-order chi connectivity index (χ1) is 14.4. The Labute approximate surface area is 178 Å². The minimum atomic E-state index is -3.40. The number of rotatable bonds is 7. The van der Waals surface area contributed by atoms with Gasteiger partial charge in [-0.15, -0.1) is 11.3 Å². The molecule has 156 valence electrons. The number of benzene rings is 2. The van der Waals surface area contributed by atoms with Crippen molar-refractivity contribution in [2.45, 2.75) is 24.7 Å². The van der Waals surface area contributed by atoms with E-state index in [2.05, 4.69) is 10.3 Å². The van der Waals surface area contributed by atoms with Gasteiger partial charge in [-0.1, -0.05) is 17.7 Å². The predicted molar refractivity (Wildman–Crippen MR) is 115 cm³/mol. The van der Waals surface area contributed by atoms with Crippen LogP contribution in [0.4, 0.5) is 5.13 Å². The normalized spacial score (nSPS) is 12.7. The molecule has 7 nitrogen and oxygen atoms in total. The fraction of sp³-hybridized carbons (Fsp3) is 0.238. The number of anilines is 1. The van der Waals surface area contributed by atoms with Gasteiger partial charge in [0.25, 0.3) is 0 Å². The predicted octanol–water partition coefficient (Wildman–Crippen LogP) is 4.04. The highest BCUT2D eigenvalue weighted by Crippen LogP contribution is 2.36. The average Bonchev–Trinajstić information content (AvgIpc) is 3.36. The fourth-order valence-electron chi connectivity index (χ4n) is 2.99. The lowest BCUT2D eigenvalue weighted by Gasteiger charge is -2.05. The Bertz CT molecular complexity index is 1170. The van der Waals surface area contributed by atoms with E-state index in [1.165, 1.54) is 11.3 Å². The summed E-state index contributed by atoms with van der Waals surface area (Å²) in [5.74, 6) is 1.02. The molecule has 0 saturated carbocycles. The summed E-state index contributed by atoms with van der Waals surface area (Å²) in [6, 6.07) is 12.3. The average molecular weight is 445 g/mol. The van der Waals surface area contributed by atoms with Crippen molar-refractivity contribution in [1.82, 2.24) is 4.98 Å². The van der Waals surface area contributed by atoms with Crippen molar-refractivity contribution < 1.29 is 22.7 Å². The van der Waals surface area contributed by atoms with Gasteiger partial charge in [0.2, 0.25) is 12.7 Å². The van der Waals surface area contributed by atoms with E-state index in [0.717, 1.165) is 16.8 Å². The second kappa shape index (κ2) is 8.45. The Morgan fingerprint density at radius 1 is 1.13 bits per heavy atom. The van der Waals surface area contributed by atoms with Crippen LogP contribution in [-0.2, 0) is 14.6 Å². The maximum absolute atomic E-state index is 12.4. The minimum absolute atomic E-state index is 0.0796. The number of ether oxygens (including phenoxy) is 2. The van der Waals surface area contributed by atoms with Crippen LogP contribution < -0.4 is 14.8 Å². The van der Waals surface area contributed by atoms with Gasteiger partial charge in [-0.3, -0.25) is 4.79 Å². The molecule has 1 aliphatic heterocycles. The maximum Gasteiger partial charge on any atom is 0.231 e. The van der Waals surface area contributed by atoms with Crippen molar-refractivity contribution in [3.63, 3.8) is 0 Å². The highest BCUT2D eigenvalue weighted by atomic mass is 32.2. The summed E-state index contributed by atoms with van der Waals surface area (Å²) in [6.07, 6.45) is 0.340. The number of thiazole rings is 1. The number of hydrogen-bond donors (Lipinski definition) is 1. The number of nitrogens with zero attached hydrogens (tertiary/aromatic N) is 1. The number of fused-ring (bicyclic) bond motifs is 1. The van der Waals surface area contributed by atoms with E-state index in [1.54, 1.807) is 24.3 Å². The first-order valence-electron chi connectivity index (χ1n) is 9.35. The molecule has 3 aromatic rings. The SMILES string of the molecule is Cc1ccc(S(=O)(=O)CCCC(=O)Nc2nc(-c3ccc4c(c3)OCO4)cs2)cc1. The second-order valence-electron chi connectivity index (χ2n) is 6.89. The molecule has 1 amide bonds. The van der Waals surface area contributed by atoms with Crippen LogP contribution in [0.5, 0.6) is 11.5 Å². The van der Waals surface area contributed by atoms with E-state index in [-0.39, 0.29) is 36.2 Å². The van der Waals surface area contributed by atoms with Gasteiger partial charge in [0, 0.05) is 17.4 Å². The molecule has 2 heterocycles. The van der Waals surface area contributed by atoms with Crippen LogP contribution in [0.1, 0.15) is 18.4 Å². The molecular weight excluding hydrogens is 424 g/mol. The molecule has 0 saturated heterocycles. The van der Waals surface area contributed by atoms with Gasteiger partial charge < -0.3 is 14.8 Å². The number of hydrogen-bond acceptors (Lipinski definition) is 7. The smallest absolute Gasteiger partial charge is 0.231 e. The van der Waals surface area contributed by atoms with E-state index < -0.39 is 9.84 Å². The molecule has 4 rings (SSSR count). The number of sulfone groups is 1. The van der Waals surface area contributed by atoms with E-state index in [4.69, 9.17) is 9.47 Å². The second-order valence-corrected chi connectivity index (χ2v) is 9.86. The van der Waals surface area contributed by atoms with Crippen molar-refractivity contribution in [1.29, 1.82) is 0 Å². The Balaban J connectivity index is 1.31. The molecule has 30 heavy (non-hydrogen) atoms. The van der Waals surface area contributed by atoms with Crippen molar-refractivity contribution in [3.8, 4) is 22.8 Å². The summed E-state index contributed by atoms with van der Waals surface area (Å²) < 4.78 is 35.4. The molecule has 0 bridgehead atoms. The van der Waals surface area contributed by atoms with E-state index in [1.807, 2.05) is 30.5 Å². The lowest BCUT2D eigenvalue weighted by atomic mass is 10.1. The molecule has 0 atom stereocenters. The van der Waals surface area contributed by atoms with E-state index >= 15 is 0 Å².